The quantitative estimate of drug-likeness (QED) is 0.451. The molecule has 0 radical (unpaired) electrons. The van der Waals surface area contributed by atoms with Gasteiger partial charge in [0.1, 0.15) is 12.3 Å². The van der Waals surface area contributed by atoms with E-state index in [9.17, 15) is 0 Å². The van der Waals surface area contributed by atoms with Crippen LogP contribution in [0.3, 0.4) is 0 Å². The summed E-state index contributed by atoms with van der Waals surface area (Å²) in [6, 6.07) is 3.84. The van der Waals surface area contributed by atoms with Crippen molar-refractivity contribution in [2.45, 2.75) is 26.3 Å². The van der Waals surface area contributed by atoms with Crippen molar-refractivity contribution in [1.29, 1.82) is 0 Å². The maximum absolute atomic E-state index is 5.31. The van der Waals surface area contributed by atoms with Gasteiger partial charge in [0.2, 0.25) is 0 Å². The molecule has 0 aromatic carbocycles. The summed E-state index contributed by atoms with van der Waals surface area (Å²) in [7, 11) is 2.21. The van der Waals surface area contributed by atoms with Gasteiger partial charge in [-0.25, -0.2) is 4.99 Å². The van der Waals surface area contributed by atoms with Gasteiger partial charge in [-0.15, -0.1) is 0 Å². The highest BCUT2D eigenvalue weighted by molar-refractivity contribution is 5.79. The molecule has 1 aromatic heterocycles. The Balaban J connectivity index is 1.66. The van der Waals surface area contributed by atoms with E-state index >= 15 is 0 Å². The Kier molecular flexibility index (Phi) is 7.97. The van der Waals surface area contributed by atoms with E-state index in [4.69, 9.17) is 4.42 Å². The van der Waals surface area contributed by atoms with Crippen LogP contribution in [0.2, 0.25) is 0 Å². The molecule has 1 aliphatic rings. The minimum atomic E-state index is 0.570. The lowest BCUT2D eigenvalue weighted by Gasteiger charge is -2.20. The van der Waals surface area contributed by atoms with Gasteiger partial charge in [0.05, 0.1) is 6.26 Å². The summed E-state index contributed by atoms with van der Waals surface area (Å²) in [5, 5.41) is 6.68. The van der Waals surface area contributed by atoms with Crippen molar-refractivity contribution in [3.63, 3.8) is 0 Å². The highest BCUT2D eigenvalue weighted by atomic mass is 16.3. The van der Waals surface area contributed by atoms with Crippen molar-refractivity contribution < 1.29 is 4.42 Å². The maximum Gasteiger partial charge on any atom is 0.191 e. The van der Waals surface area contributed by atoms with Crippen molar-refractivity contribution in [3.8, 4) is 0 Å². The zero-order valence-corrected chi connectivity index (χ0v) is 14.6. The average Bonchev–Trinajstić information content (AvgIpc) is 2.98. The van der Waals surface area contributed by atoms with Crippen LogP contribution in [0.25, 0.3) is 0 Å². The van der Waals surface area contributed by atoms with E-state index in [1.807, 2.05) is 12.1 Å². The summed E-state index contributed by atoms with van der Waals surface area (Å²) in [6.07, 6.45) is 4.09. The monoisotopic (exact) mass is 321 g/mol. The van der Waals surface area contributed by atoms with Crippen molar-refractivity contribution in [1.82, 2.24) is 20.4 Å². The molecule has 2 rings (SSSR count). The summed E-state index contributed by atoms with van der Waals surface area (Å²) >= 11 is 0. The van der Waals surface area contributed by atoms with Crippen LogP contribution in [0.1, 0.15) is 25.5 Å². The molecule has 0 spiro atoms. The first-order valence-corrected chi connectivity index (χ1v) is 8.73. The average molecular weight is 321 g/mol. The van der Waals surface area contributed by atoms with Crippen molar-refractivity contribution >= 4 is 5.96 Å². The molecular weight excluding hydrogens is 290 g/mol. The van der Waals surface area contributed by atoms with E-state index in [2.05, 4.69) is 39.4 Å². The molecule has 2 N–H and O–H groups in total. The zero-order valence-electron chi connectivity index (χ0n) is 14.6. The molecule has 1 fully saturated rings. The molecule has 130 valence electrons. The van der Waals surface area contributed by atoms with Crippen LogP contribution in [0.4, 0.5) is 0 Å². The molecule has 6 heteroatoms. The van der Waals surface area contributed by atoms with E-state index < -0.39 is 0 Å². The number of nitrogens with zero attached hydrogens (tertiary/aromatic N) is 3. The highest BCUT2D eigenvalue weighted by Crippen LogP contribution is 2.02. The molecule has 6 nitrogen and oxygen atoms in total. The van der Waals surface area contributed by atoms with Gasteiger partial charge >= 0.3 is 0 Å². The standard InChI is InChI=1S/C17H31N5O/c1-3-18-17(20-15-16-7-4-14-23-16)19-8-5-10-22-11-6-9-21(2)12-13-22/h4,7,14H,3,5-6,8-13,15H2,1-2H3,(H2,18,19,20). The van der Waals surface area contributed by atoms with Crippen LogP contribution < -0.4 is 10.6 Å². The van der Waals surface area contributed by atoms with Gasteiger partial charge in [-0.2, -0.15) is 0 Å². The summed E-state index contributed by atoms with van der Waals surface area (Å²) < 4.78 is 5.31. The molecule has 23 heavy (non-hydrogen) atoms. The Hall–Kier alpha value is -1.53. The van der Waals surface area contributed by atoms with E-state index in [0.29, 0.717) is 6.54 Å². The SMILES string of the molecule is CCNC(=NCc1ccco1)NCCCN1CCCN(C)CC1. The van der Waals surface area contributed by atoms with Gasteiger partial charge in [-0.3, -0.25) is 0 Å². The number of nitrogens with one attached hydrogen (secondary N) is 2. The predicted octanol–water partition coefficient (Wildman–Crippen LogP) is 1.36. The fraction of sp³-hybridized carbons (Fsp3) is 0.706. The molecule has 0 atom stereocenters. The second kappa shape index (κ2) is 10.3. The Morgan fingerprint density at radius 1 is 1.26 bits per heavy atom. The fourth-order valence-electron chi connectivity index (χ4n) is 2.73. The zero-order chi connectivity index (χ0) is 16.3. The second-order valence-corrected chi connectivity index (χ2v) is 6.05. The van der Waals surface area contributed by atoms with E-state index in [0.717, 1.165) is 37.8 Å². The van der Waals surface area contributed by atoms with Gasteiger partial charge < -0.3 is 24.9 Å². The summed E-state index contributed by atoms with van der Waals surface area (Å²) in [5.74, 6) is 1.75. The number of likely N-dealkylation sites (N-methyl/N-ethyl adjacent to an activating group) is 1. The largest absolute Gasteiger partial charge is 0.467 e. The minimum Gasteiger partial charge on any atom is -0.467 e. The van der Waals surface area contributed by atoms with Crippen LogP contribution in [-0.2, 0) is 6.54 Å². The molecule has 0 unspecified atom stereocenters. The van der Waals surface area contributed by atoms with Gasteiger partial charge in [-0.1, -0.05) is 0 Å². The van der Waals surface area contributed by atoms with Gasteiger partial charge in [0.15, 0.2) is 5.96 Å². The second-order valence-electron chi connectivity index (χ2n) is 6.05. The van der Waals surface area contributed by atoms with Crippen molar-refractivity contribution in [2.75, 3.05) is 52.9 Å². The van der Waals surface area contributed by atoms with E-state index in [-0.39, 0.29) is 0 Å². The Labute approximate surface area is 139 Å². The number of hydrogen-bond donors (Lipinski definition) is 2. The molecule has 2 heterocycles. The van der Waals surface area contributed by atoms with Crippen LogP contribution in [-0.4, -0.2) is 68.6 Å². The third-order valence-corrected chi connectivity index (χ3v) is 4.07. The normalized spacial score (nSPS) is 17.9. The first-order valence-electron chi connectivity index (χ1n) is 8.73. The maximum atomic E-state index is 5.31. The van der Waals surface area contributed by atoms with E-state index in [1.165, 1.54) is 32.6 Å². The lowest BCUT2D eigenvalue weighted by Crippen LogP contribution is -2.39. The minimum absolute atomic E-state index is 0.570. The summed E-state index contributed by atoms with van der Waals surface area (Å²) in [4.78, 5) is 9.53. The molecule has 1 aliphatic heterocycles. The topological polar surface area (TPSA) is 56.0 Å². The van der Waals surface area contributed by atoms with Crippen molar-refractivity contribution in [2.24, 2.45) is 4.99 Å². The number of furan rings is 1. The first kappa shape index (κ1) is 17.8. The third-order valence-electron chi connectivity index (χ3n) is 4.07. The Morgan fingerprint density at radius 2 is 2.17 bits per heavy atom. The van der Waals surface area contributed by atoms with Crippen LogP contribution >= 0.6 is 0 Å². The third kappa shape index (κ3) is 7.05. The van der Waals surface area contributed by atoms with Gasteiger partial charge in [0.25, 0.3) is 0 Å². The van der Waals surface area contributed by atoms with Gasteiger partial charge in [-0.05, 0) is 58.6 Å². The lowest BCUT2D eigenvalue weighted by atomic mass is 10.3. The van der Waals surface area contributed by atoms with Crippen LogP contribution in [0.15, 0.2) is 27.8 Å². The number of aliphatic imine (C=N–C) groups is 1. The highest BCUT2D eigenvalue weighted by Gasteiger charge is 2.11. The lowest BCUT2D eigenvalue weighted by molar-refractivity contribution is 0.274. The fourth-order valence-corrected chi connectivity index (χ4v) is 2.73. The number of guanidine groups is 1. The molecule has 0 saturated carbocycles. The number of rotatable bonds is 7. The van der Waals surface area contributed by atoms with Crippen LogP contribution in [0, 0.1) is 0 Å². The van der Waals surface area contributed by atoms with Gasteiger partial charge in [0, 0.05) is 26.2 Å². The first-order chi connectivity index (χ1) is 11.3. The molecule has 1 aromatic rings. The molecule has 1 saturated heterocycles. The Bertz CT molecular complexity index is 446. The van der Waals surface area contributed by atoms with E-state index in [1.54, 1.807) is 6.26 Å². The molecule has 0 aliphatic carbocycles. The molecule has 0 amide bonds. The van der Waals surface area contributed by atoms with Crippen molar-refractivity contribution in [3.05, 3.63) is 24.2 Å². The Morgan fingerprint density at radius 3 is 2.96 bits per heavy atom. The van der Waals surface area contributed by atoms with Crippen LogP contribution in [0.5, 0.6) is 0 Å². The molecular formula is C17H31N5O. The summed E-state index contributed by atoms with van der Waals surface area (Å²) in [5.41, 5.74) is 0. The predicted molar refractivity (Wildman–Crippen MR) is 94.7 cm³/mol. The summed E-state index contributed by atoms with van der Waals surface area (Å²) in [6.45, 7) is 10.4. The molecule has 0 bridgehead atoms. The smallest absolute Gasteiger partial charge is 0.191 e. The number of hydrogen-bond acceptors (Lipinski definition) is 4.